The highest BCUT2D eigenvalue weighted by Crippen LogP contribution is 2.33. The van der Waals surface area contributed by atoms with E-state index < -0.39 is 21.2 Å². The number of nitro groups is 2. The first-order valence-corrected chi connectivity index (χ1v) is 4.39. The Labute approximate surface area is 94.7 Å². The van der Waals surface area contributed by atoms with Crippen LogP contribution in [-0.2, 0) is 0 Å². The molecule has 0 unspecified atom stereocenters. The van der Waals surface area contributed by atoms with Crippen LogP contribution < -0.4 is 4.90 Å². The third kappa shape index (κ3) is 2.16. The summed E-state index contributed by atoms with van der Waals surface area (Å²) >= 11 is 5.54. The molecule has 0 bridgehead atoms. The molecule has 86 valence electrons. The van der Waals surface area contributed by atoms with E-state index in [4.69, 9.17) is 11.6 Å². The Morgan fingerprint density at radius 3 is 2.12 bits per heavy atom. The number of hydrogen-bond acceptors (Lipinski definition) is 6. The van der Waals surface area contributed by atoms with Gasteiger partial charge in [-0.1, -0.05) is 11.6 Å². The Kier molecular flexibility index (Phi) is 3.23. The van der Waals surface area contributed by atoms with Crippen molar-refractivity contribution in [2.45, 2.75) is 0 Å². The fraction of sp³-hybridized carbons (Fsp3) is 0.286. The number of nitrogens with zero attached hydrogens (tertiary/aromatic N) is 4. The average molecular weight is 247 g/mol. The molecule has 0 atom stereocenters. The molecule has 0 spiro atoms. The van der Waals surface area contributed by atoms with Crippen molar-refractivity contribution in [3.05, 3.63) is 31.4 Å². The molecular formula is C7H7ClN4O4. The van der Waals surface area contributed by atoms with Gasteiger partial charge < -0.3 is 4.90 Å². The Balaban J connectivity index is 3.49. The number of halogens is 1. The minimum atomic E-state index is -0.818. The number of aromatic nitrogens is 1. The Morgan fingerprint density at radius 1 is 1.25 bits per heavy atom. The number of anilines is 1. The van der Waals surface area contributed by atoms with Gasteiger partial charge in [0.25, 0.3) is 0 Å². The second-order valence-corrected chi connectivity index (χ2v) is 3.41. The fourth-order valence-electron chi connectivity index (χ4n) is 1.05. The zero-order valence-electron chi connectivity index (χ0n) is 8.38. The predicted molar refractivity (Wildman–Crippen MR) is 56.9 cm³/mol. The van der Waals surface area contributed by atoms with Gasteiger partial charge in [-0.2, -0.15) is 0 Å². The summed E-state index contributed by atoms with van der Waals surface area (Å²) in [6, 6.07) is 0.796. The summed E-state index contributed by atoms with van der Waals surface area (Å²) in [7, 11) is 3.05. The van der Waals surface area contributed by atoms with Crippen LogP contribution in [0, 0.1) is 20.2 Å². The summed E-state index contributed by atoms with van der Waals surface area (Å²) in [4.78, 5) is 24.6. The van der Waals surface area contributed by atoms with Crippen molar-refractivity contribution in [1.29, 1.82) is 0 Å². The topological polar surface area (TPSA) is 102 Å². The minimum absolute atomic E-state index is 0.0272. The van der Waals surface area contributed by atoms with Crippen molar-refractivity contribution in [3.8, 4) is 0 Å². The summed E-state index contributed by atoms with van der Waals surface area (Å²) in [5.74, 6) is -0.0272. The molecule has 16 heavy (non-hydrogen) atoms. The molecule has 1 aromatic heterocycles. The van der Waals surface area contributed by atoms with E-state index in [2.05, 4.69) is 4.98 Å². The highest BCUT2D eigenvalue weighted by Gasteiger charge is 2.26. The molecule has 8 nitrogen and oxygen atoms in total. The number of hydrogen-bond donors (Lipinski definition) is 0. The zero-order valence-corrected chi connectivity index (χ0v) is 9.13. The predicted octanol–water partition coefficient (Wildman–Crippen LogP) is 1.62. The highest BCUT2D eigenvalue weighted by molar-refractivity contribution is 6.31. The molecule has 1 heterocycles. The molecule has 0 saturated heterocycles. The van der Waals surface area contributed by atoms with Gasteiger partial charge in [-0.3, -0.25) is 20.2 Å². The third-order valence-corrected chi connectivity index (χ3v) is 2.01. The lowest BCUT2D eigenvalue weighted by Crippen LogP contribution is -2.13. The first-order chi connectivity index (χ1) is 7.34. The first-order valence-electron chi connectivity index (χ1n) is 4.01. The smallest absolute Gasteiger partial charge is 0.318 e. The fourth-order valence-corrected chi connectivity index (χ4v) is 1.26. The lowest BCUT2D eigenvalue weighted by molar-refractivity contribution is -0.394. The molecule has 0 saturated carbocycles. The standard InChI is InChI=1S/C7H7ClN4O4/c1-10(2)7-5(12(15)16)3-4(11(13)14)6(8)9-7/h3H,1-2H3. The highest BCUT2D eigenvalue weighted by atomic mass is 35.5. The molecule has 0 fully saturated rings. The molecule has 0 radical (unpaired) electrons. The van der Waals surface area contributed by atoms with E-state index in [1.165, 1.54) is 19.0 Å². The lowest BCUT2D eigenvalue weighted by atomic mass is 10.3. The van der Waals surface area contributed by atoms with Gasteiger partial charge in [0, 0.05) is 14.1 Å². The van der Waals surface area contributed by atoms with Crippen molar-refractivity contribution >= 4 is 28.8 Å². The van der Waals surface area contributed by atoms with E-state index in [0.717, 1.165) is 6.07 Å². The van der Waals surface area contributed by atoms with Crippen molar-refractivity contribution in [3.63, 3.8) is 0 Å². The summed E-state index contributed by atoms with van der Waals surface area (Å²) in [5.41, 5.74) is -1.04. The van der Waals surface area contributed by atoms with Crippen LogP contribution in [0.3, 0.4) is 0 Å². The van der Waals surface area contributed by atoms with Crippen molar-refractivity contribution in [1.82, 2.24) is 4.98 Å². The largest absolute Gasteiger partial charge is 0.357 e. The van der Waals surface area contributed by atoms with Crippen LogP contribution in [0.15, 0.2) is 6.07 Å². The van der Waals surface area contributed by atoms with Crippen LogP contribution in [0.2, 0.25) is 5.15 Å². The maximum Gasteiger partial charge on any atom is 0.318 e. The summed E-state index contributed by atoms with van der Waals surface area (Å²) in [6.45, 7) is 0. The SMILES string of the molecule is CN(C)c1nc(Cl)c([N+](=O)[O-])cc1[N+](=O)[O-]. The van der Waals surface area contributed by atoms with Gasteiger partial charge in [0.1, 0.15) is 6.07 Å². The van der Waals surface area contributed by atoms with E-state index in [1.54, 1.807) is 0 Å². The van der Waals surface area contributed by atoms with E-state index in [0.29, 0.717) is 0 Å². The minimum Gasteiger partial charge on any atom is -0.357 e. The molecule has 0 N–H and O–H groups in total. The summed E-state index contributed by atoms with van der Waals surface area (Å²) in [5, 5.41) is 20.8. The van der Waals surface area contributed by atoms with Crippen molar-refractivity contribution in [2.75, 3.05) is 19.0 Å². The van der Waals surface area contributed by atoms with E-state index in [-0.39, 0.29) is 11.0 Å². The molecular weight excluding hydrogens is 240 g/mol. The lowest BCUT2D eigenvalue weighted by Gasteiger charge is -2.11. The zero-order chi connectivity index (χ0) is 12.5. The molecule has 9 heteroatoms. The normalized spacial score (nSPS) is 9.94. The molecule has 0 aliphatic carbocycles. The quantitative estimate of drug-likeness (QED) is 0.456. The van der Waals surface area contributed by atoms with Crippen LogP contribution in [0.5, 0.6) is 0 Å². The van der Waals surface area contributed by atoms with Crippen LogP contribution >= 0.6 is 11.6 Å². The monoisotopic (exact) mass is 246 g/mol. The Hall–Kier alpha value is -1.96. The van der Waals surface area contributed by atoms with Gasteiger partial charge in [-0.25, -0.2) is 4.98 Å². The van der Waals surface area contributed by atoms with Gasteiger partial charge in [0.05, 0.1) is 9.85 Å². The van der Waals surface area contributed by atoms with Gasteiger partial charge in [-0.15, -0.1) is 0 Å². The molecule has 0 aliphatic heterocycles. The average Bonchev–Trinajstić information content (AvgIpc) is 2.15. The van der Waals surface area contributed by atoms with Crippen LogP contribution in [0.1, 0.15) is 0 Å². The van der Waals surface area contributed by atoms with E-state index in [9.17, 15) is 20.2 Å². The van der Waals surface area contributed by atoms with Gasteiger partial charge >= 0.3 is 11.4 Å². The van der Waals surface area contributed by atoms with E-state index >= 15 is 0 Å². The molecule has 0 amide bonds. The molecule has 1 aromatic rings. The van der Waals surface area contributed by atoms with Crippen LogP contribution in [-0.4, -0.2) is 28.9 Å². The second-order valence-electron chi connectivity index (χ2n) is 3.05. The maximum absolute atomic E-state index is 10.7. The molecule has 0 aliphatic rings. The van der Waals surface area contributed by atoms with Crippen LogP contribution in [0.4, 0.5) is 17.2 Å². The van der Waals surface area contributed by atoms with Gasteiger partial charge in [0.15, 0.2) is 0 Å². The third-order valence-electron chi connectivity index (χ3n) is 1.73. The number of rotatable bonds is 3. The number of pyridine rings is 1. The van der Waals surface area contributed by atoms with Gasteiger partial charge in [0.2, 0.25) is 11.0 Å². The summed E-state index contributed by atoms with van der Waals surface area (Å²) in [6.07, 6.45) is 0. The first kappa shape index (κ1) is 12.1. The van der Waals surface area contributed by atoms with Gasteiger partial charge in [-0.05, 0) is 0 Å². The molecule has 1 rings (SSSR count). The molecule has 0 aromatic carbocycles. The Bertz CT molecular complexity index is 462. The second kappa shape index (κ2) is 4.27. The van der Waals surface area contributed by atoms with Crippen molar-refractivity contribution < 1.29 is 9.85 Å². The van der Waals surface area contributed by atoms with Crippen molar-refractivity contribution in [2.24, 2.45) is 0 Å². The Morgan fingerprint density at radius 2 is 1.75 bits per heavy atom. The summed E-state index contributed by atoms with van der Waals surface area (Å²) < 4.78 is 0. The maximum atomic E-state index is 10.7. The van der Waals surface area contributed by atoms with E-state index in [1.807, 2.05) is 0 Å². The van der Waals surface area contributed by atoms with Crippen LogP contribution in [0.25, 0.3) is 0 Å².